The molecule has 0 spiro atoms. The number of halogens is 4. The van der Waals surface area contributed by atoms with E-state index in [0.29, 0.717) is 130 Å². The van der Waals surface area contributed by atoms with Crippen molar-refractivity contribution in [3.63, 3.8) is 0 Å². The molecule has 0 saturated heterocycles. The summed E-state index contributed by atoms with van der Waals surface area (Å²) < 4.78 is 9.52. The van der Waals surface area contributed by atoms with Crippen molar-refractivity contribution in [1.82, 2.24) is 78.1 Å². The molecular weight excluding hydrogens is 1730 g/mol. The van der Waals surface area contributed by atoms with E-state index < -0.39 is 94.7 Å². The number of aliphatic hydroxyl groups is 8. The number of carbonyl (C=O) groups excluding carboxylic acids is 4. The molecule has 6 unspecified atom stereocenters. The topological polar surface area (TPSA) is 469 Å². The Morgan fingerprint density at radius 1 is 0.426 bits per heavy atom. The number of aryl methyl sites for hydroxylation is 1. The fourth-order valence-corrected chi connectivity index (χ4v) is 22.9. The van der Waals surface area contributed by atoms with Crippen LogP contribution in [0.2, 0.25) is 17.3 Å². The summed E-state index contributed by atoms with van der Waals surface area (Å²) in [5.74, 6) is 24.9. The number of rotatable bonds is 12. The molecule has 12 aromatic rings. The molecule has 9 fully saturated rings. The Labute approximate surface area is 730 Å². The number of thiophene rings is 4. The summed E-state index contributed by atoms with van der Waals surface area (Å²) in [6.07, 6.45) is 3.68. The van der Waals surface area contributed by atoms with Crippen LogP contribution in [0.15, 0.2) is 73.8 Å². The van der Waals surface area contributed by atoms with Gasteiger partial charge in [-0.1, -0.05) is 60.3 Å². The second kappa shape index (κ2) is 31.4. The van der Waals surface area contributed by atoms with Gasteiger partial charge >= 0.3 is 0 Å². The van der Waals surface area contributed by atoms with Crippen molar-refractivity contribution < 1.29 is 60.0 Å². The molecule has 13 N–H and O–H groups in total. The van der Waals surface area contributed by atoms with Crippen LogP contribution in [-0.4, -0.2) is 197 Å². The average molecular weight is 1800 g/mol. The zero-order chi connectivity index (χ0) is 85.8. The van der Waals surface area contributed by atoms with Gasteiger partial charge in [0.1, 0.15) is 64.1 Å². The van der Waals surface area contributed by atoms with Crippen molar-refractivity contribution in [3.05, 3.63) is 140 Å². The summed E-state index contributed by atoms with van der Waals surface area (Å²) in [4.78, 5) is 106. The van der Waals surface area contributed by atoms with Gasteiger partial charge in [0.2, 0.25) is 23.3 Å². The minimum atomic E-state index is -1.12. The second-order valence-electron chi connectivity index (χ2n) is 32.2. The molecule has 31 nitrogen and oxygen atoms in total. The molecule has 39 heteroatoms. The molecule has 0 aliphatic heterocycles. The lowest BCUT2D eigenvalue weighted by atomic mass is 9.92. The summed E-state index contributed by atoms with van der Waals surface area (Å²) in [6, 6.07) is 12.7. The molecule has 0 radical (unpaired) electrons. The van der Waals surface area contributed by atoms with Crippen LogP contribution in [0.25, 0.3) is 44.7 Å². The lowest BCUT2D eigenvalue weighted by Crippen LogP contribution is -2.37. The fourth-order valence-electron chi connectivity index (χ4n) is 19.3. The number of hydrogen-bond donors (Lipinski definition) is 11. The number of hydrogen-bond acceptors (Lipinski definition) is 31. The highest BCUT2D eigenvalue weighted by Crippen LogP contribution is 2.72. The Morgan fingerprint density at radius 2 is 0.721 bits per heavy atom. The van der Waals surface area contributed by atoms with Crippen LogP contribution in [0.4, 0.5) is 17.5 Å². The van der Waals surface area contributed by atoms with E-state index in [1.54, 1.807) is 81.2 Å². The number of nitrogen functional groups attached to an aromatic ring is 2. The van der Waals surface area contributed by atoms with Gasteiger partial charge in [-0.25, -0.2) is 59.8 Å². The van der Waals surface area contributed by atoms with Gasteiger partial charge in [-0.3, -0.25) is 19.2 Å². The summed E-state index contributed by atoms with van der Waals surface area (Å²) in [5, 5.41) is 88.9. The van der Waals surface area contributed by atoms with Crippen LogP contribution in [0.1, 0.15) is 158 Å². The molecular formula is C83H75Cl4N19O12S4. The Hall–Kier alpha value is -9.84. The van der Waals surface area contributed by atoms with E-state index in [1.165, 1.54) is 78.3 Å². The molecule has 20 atom stereocenters. The predicted molar refractivity (Wildman–Crippen MR) is 456 cm³/mol. The molecule has 122 heavy (non-hydrogen) atoms. The SMILES string of the molecule is CC(=O)[C@@]12CC1[C@@H](n1cnc3c(N)nc(C#Cc4ccc(Cl)s4)nc31)[C@H](O)C2O.CC(=O)[C@@]12CC1[C@@H](n1cnc3c(N)nc(C#Cc4ccc(Cl)s4)nc31)[C@H](O)C2O.CCC(=O)[C@@]12C[C@@H]1[C@@H](n1cnc3c(C)nc(C#Cc4ccc(Cl)s4)nc31)[C@@H](O)C2O.CCC(=O)[C@@]12C[C@@H]1[C@@H](n1cnc3c(NC4CCC4)nc(C#Cc4ccc(Cl)s4)nc31)[C@@H](O)C2O. The second-order valence-corrected chi connectivity index (χ2v) is 39.0. The average Bonchev–Trinajstić information content (AvgIpc) is 1.52. The monoisotopic (exact) mass is 1800 g/mol. The Kier molecular flexibility index (Phi) is 21.4. The van der Waals surface area contributed by atoms with E-state index in [4.69, 9.17) is 57.9 Å². The number of imidazole rings is 4. The summed E-state index contributed by atoms with van der Waals surface area (Å²) in [7, 11) is 0. The highest BCUT2D eigenvalue weighted by atomic mass is 35.5. The predicted octanol–water partition coefficient (Wildman–Crippen LogP) is 8.47. The van der Waals surface area contributed by atoms with Crippen LogP contribution in [0.5, 0.6) is 0 Å². The number of Topliss-reactive ketones (excluding diaryl/α,β-unsaturated/α-hetero) is 4. The first kappa shape index (κ1) is 83.1. The highest BCUT2D eigenvalue weighted by Gasteiger charge is 2.77. The maximum Gasteiger partial charge on any atom is 0.209 e. The number of fused-ring (bicyclic) bond motifs is 8. The smallest absolute Gasteiger partial charge is 0.209 e. The van der Waals surface area contributed by atoms with E-state index in [2.05, 4.69) is 112 Å². The standard InChI is InChI=1S/C24H24ClN5O3S.C21H19ClN4O3S.2C19H16ClN5O3S/c1-2-15(31)24-10-14(24)19(20(32)21(24)33)30-11-26-18-22(27-12-4-3-5-12)28-17(29-23(18)30)9-7-13-6-8-16(25)34-13;1-3-13(27)21-8-12(21)17(18(28)19(21)29)26-9-23-16-10(2)24-15(25-20(16)26)7-5-11-4-6-14(22)30-11;2*1-8(26)19-6-10(19)14(15(27)16(19)28)25-7-22-13-17(21)23-12(24-18(13)25)5-3-9-2-4-11(20)29-9/h6,8,11-12,14,19-21,32-33H,2-5,10H2,1H3,(H,27,28,29);4,6,9,12,17-19,28-29H,3,8H2,1-2H3;2*2,4,7,10,14-16,27-28H,6H2,1H3,(H2,21,23,24)/t14-,19-,20-,21?,24-;12-,17-,18-,19?,21-;2*10?,14-,15+,16?,19+/m1111/s1. The molecule has 9 aliphatic carbocycles. The van der Waals surface area contributed by atoms with Crippen LogP contribution in [0, 0.1) is 99.6 Å². The molecule has 12 heterocycles. The first-order valence-electron chi connectivity index (χ1n) is 39.3. The number of nitrogens with zero attached hydrogens (tertiary/aromatic N) is 16. The maximum atomic E-state index is 12.6. The maximum absolute atomic E-state index is 12.6. The van der Waals surface area contributed by atoms with Crippen LogP contribution >= 0.6 is 91.8 Å². The molecule has 12 aromatic heterocycles. The van der Waals surface area contributed by atoms with Gasteiger partial charge in [-0.05, 0) is 185 Å². The van der Waals surface area contributed by atoms with Crippen molar-refractivity contribution in [1.29, 1.82) is 0 Å². The Bertz CT molecular complexity index is 6420. The number of anilines is 3. The molecule has 0 aromatic carbocycles. The quantitative estimate of drug-likeness (QED) is 0.0511. The third kappa shape index (κ3) is 13.8. The fraction of sp³-hybridized carbons (Fsp3) is 0.422. The third-order valence-electron chi connectivity index (χ3n) is 25.8. The number of aliphatic hydroxyl groups excluding tert-OH is 8. The van der Waals surface area contributed by atoms with Crippen LogP contribution in [-0.2, 0) is 19.2 Å². The number of aromatic nitrogens is 16. The van der Waals surface area contributed by atoms with Gasteiger partial charge in [-0.15, -0.1) is 45.3 Å². The van der Waals surface area contributed by atoms with Crippen LogP contribution in [0.3, 0.4) is 0 Å². The van der Waals surface area contributed by atoms with E-state index in [9.17, 15) is 60.0 Å². The molecule has 9 saturated carbocycles. The lowest BCUT2D eigenvalue weighted by Gasteiger charge is -2.27. The summed E-state index contributed by atoms with van der Waals surface area (Å²) >= 11 is 29.3. The van der Waals surface area contributed by atoms with E-state index in [0.717, 1.165) is 32.4 Å². The lowest BCUT2D eigenvalue weighted by molar-refractivity contribution is -0.130. The first-order valence-corrected chi connectivity index (χ1v) is 44.1. The molecule has 0 bridgehead atoms. The minimum absolute atomic E-state index is 0.000833. The first-order chi connectivity index (χ1) is 58.4. The zero-order valence-corrected chi connectivity index (χ0v) is 71.6. The van der Waals surface area contributed by atoms with Crippen LogP contribution < -0.4 is 16.8 Å². The van der Waals surface area contributed by atoms with Gasteiger partial charge in [0.25, 0.3) is 0 Å². The summed E-state index contributed by atoms with van der Waals surface area (Å²) in [6.45, 7) is 8.32. The van der Waals surface area contributed by atoms with Crippen molar-refractivity contribution in [2.24, 2.45) is 45.3 Å². The van der Waals surface area contributed by atoms with Gasteiger partial charge in [0.15, 0.2) is 45.6 Å². The van der Waals surface area contributed by atoms with E-state index in [1.807, 2.05) is 19.1 Å². The van der Waals surface area contributed by atoms with E-state index in [-0.39, 0.29) is 70.1 Å². The number of ketones is 4. The number of nitrogens with one attached hydrogen (secondary N) is 1. The Morgan fingerprint density at radius 3 is 1.03 bits per heavy atom. The van der Waals surface area contributed by atoms with Gasteiger partial charge in [0, 0.05) is 18.9 Å². The van der Waals surface area contributed by atoms with Gasteiger partial charge in [-0.2, -0.15) is 0 Å². The molecule has 0 amide bonds. The van der Waals surface area contributed by atoms with E-state index >= 15 is 0 Å². The largest absolute Gasteiger partial charge is 0.389 e. The third-order valence-corrected chi connectivity index (χ3v) is 30.4. The molecule has 9 aliphatic rings. The zero-order valence-electron chi connectivity index (χ0n) is 65.3. The summed E-state index contributed by atoms with van der Waals surface area (Å²) in [5.41, 5.74) is 13.1. The molecule has 21 rings (SSSR count). The Balaban J connectivity index is 0.000000111. The number of carbonyl (C=O) groups is 4. The minimum Gasteiger partial charge on any atom is -0.389 e. The van der Waals surface area contributed by atoms with Gasteiger partial charge in [0.05, 0.1) is 138 Å². The van der Waals surface area contributed by atoms with Crippen molar-refractivity contribution in [2.75, 3.05) is 16.8 Å². The van der Waals surface area contributed by atoms with Crippen molar-refractivity contribution in [2.45, 2.75) is 171 Å². The highest BCUT2D eigenvalue weighted by molar-refractivity contribution is 7.17. The molecule has 626 valence electrons. The van der Waals surface area contributed by atoms with Gasteiger partial charge < -0.3 is 75.9 Å². The normalized spacial score (nSPS) is 29.9. The van der Waals surface area contributed by atoms with Crippen molar-refractivity contribution >= 4 is 177 Å². The van der Waals surface area contributed by atoms with Crippen molar-refractivity contribution in [3.8, 4) is 47.4 Å². The number of nitrogens with two attached hydrogens (primary N) is 2.